The highest BCUT2D eigenvalue weighted by Crippen LogP contribution is 2.60. The van der Waals surface area contributed by atoms with Crippen LogP contribution >= 0.6 is 0 Å². The quantitative estimate of drug-likeness (QED) is 0.720. The van der Waals surface area contributed by atoms with Gasteiger partial charge in [0.25, 0.3) is 0 Å². The van der Waals surface area contributed by atoms with Gasteiger partial charge in [-0.3, -0.25) is 4.79 Å². The number of morpholine rings is 1. The van der Waals surface area contributed by atoms with E-state index in [2.05, 4.69) is 0 Å². The predicted molar refractivity (Wildman–Crippen MR) is 75.0 cm³/mol. The van der Waals surface area contributed by atoms with Gasteiger partial charge in [0.2, 0.25) is 5.91 Å². The van der Waals surface area contributed by atoms with E-state index in [1.165, 1.54) is 0 Å². The normalized spacial score (nSPS) is 38.7. The fourth-order valence-corrected chi connectivity index (χ4v) is 5.41. The van der Waals surface area contributed by atoms with E-state index in [1.807, 2.05) is 18.7 Å². The largest absolute Gasteiger partial charge is 0.372 e. The molecule has 3 rings (SSSR count). The van der Waals surface area contributed by atoms with E-state index in [9.17, 15) is 13.2 Å². The predicted octanol–water partition coefficient (Wildman–Crippen LogP) is 0.837. The van der Waals surface area contributed by atoms with Crippen LogP contribution in [0.3, 0.4) is 0 Å². The van der Waals surface area contributed by atoms with Gasteiger partial charge in [0.15, 0.2) is 0 Å². The first-order chi connectivity index (χ1) is 9.31. The molecule has 20 heavy (non-hydrogen) atoms. The van der Waals surface area contributed by atoms with Gasteiger partial charge in [0.05, 0.1) is 23.7 Å². The second kappa shape index (κ2) is 4.70. The maximum absolute atomic E-state index is 12.6. The molecule has 114 valence electrons. The van der Waals surface area contributed by atoms with Crippen LogP contribution in [0.25, 0.3) is 0 Å². The Kier molecular flexibility index (Phi) is 3.36. The Morgan fingerprint density at radius 2 is 1.70 bits per heavy atom. The van der Waals surface area contributed by atoms with Crippen LogP contribution in [-0.4, -0.2) is 56.0 Å². The first-order valence-electron chi connectivity index (χ1n) is 7.46. The maximum atomic E-state index is 12.6. The Hall–Kier alpha value is -0.620. The number of ether oxygens (including phenoxy) is 1. The van der Waals surface area contributed by atoms with Crippen molar-refractivity contribution in [3.8, 4) is 0 Å². The van der Waals surface area contributed by atoms with E-state index in [0.717, 1.165) is 6.42 Å². The van der Waals surface area contributed by atoms with Gasteiger partial charge in [-0.05, 0) is 38.5 Å². The highest BCUT2D eigenvalue weighted by molar-refractivity contribution is 7.91. The molecule has 3 fully saturated rings. The molecule has 2 aliphatic heterocycles. The van der Waals surface area contributed by atoms with Gasteiger partial charge < -0.3 is 9.64 Å². The minimum atomic E-state index is -2.85. The lowest BCUT2D eigenvalue weighted by Crippen LogP contribution is -2.49. The first-order valence-corrected chi connectivity index (χ1v) is 9.28. The minimum absolute atomic E-state index is 0.00676. The molecule has 5 nitrogen and oxygen atoms in total. The molecule has 0 aromatic rings. The summed E-state index contributed by atoms with van der Waals surface area (Å²) in [5, 5.41) is 0. The van der Waals surface area contributed by atoms with Gasteiger partial charge in [-0.15, -0.1) is 0 Å². The van der Waals surface area contributed by atoms with E-state index >= 15 is 0 Å². The van der Waals surface area contributed by atoms with Crippen LogP contribution in [0.5, 0.6) is 0 Å². The molecule has 0 aromatic carbocycles. The summed E-state index contributed by atoms with van der Waals surface area (Å²) >= 11 is 0. The first kappa shape index (κ1) is 14.3. The van der Waals surface area contributed by atoms with E-state index in [1.54, 1.807) is 0 Å². The summed E-state index contributed by atoms with van der Waals surface area (Å²) in [5.41, 5.74) is -0.00676. The van der Waals surface area contributed by atoms with Crippen molar-refractivity contribution < 1.29 is 17.9 Å². The van der Waals surface area contributed by atoms with E-state index in [-0.39, 0.29) is 41.0 Å². The molecular formula is C14H23NO4S. The smallest absolute Gasteiger partial charge is 0.226 e. The number of nitrogens with zero attached hydrogens (tertiary/aromatic N) is 1. The fraction of sp³-hybridized carbons (Fsp3) is 0.929. The molecule has 0 radical (unpaired) electrons. The molecule has 1 amide bonds. The molecule has 1 spiro atoms. The van der Waals surface area contributed by atoms with Gasteiger partial charge in [-0.1, -0.05) is 0 Å². The molecule has 6 heteroatoms. The third-order valence-electron chi connectivity index (χ3n) is 5.04. The van der Waals surface area contributed by atoms with Gasteiger partial charge in [-0.2, -0.15) is 0 Å². The Balaban J connectivity index is 1.63. The number of carbonyl (C=O) groups excluding carboxylic acids is 1. The van der Waals surface area contributed by atoms with Crippen molar-refractivity contribution in [2.45, 2.75) is 45.3 Å². The summed E-state index contributed by atoms with van der Waals surface area (Å²) in [6.45, 7) is 5.31. The summed E-state index contributed by atoms with van der Waals surface area (Å²) in [6, 6.07) is 0. The zero-order chi connectivity index (χ0) is 14.5. The van der Waals surface area contributed by atoms with Crippen LogP contribution in [0, 0.1) is 11.3 Å². The highest BCUT2D eigenvalue weighted by Gasteiger charge is 2.60. The molecule has 2 saturated heterocycles. The number of amides is 1. The SMILES string of the molecule is C[C@@H]1CN(C(=O)C2CC23CCS(=O)(=O)CC3)C[C@H](C)O1. The van der Waals surface area contributed by atoms with Crippen molar-refractivity contribution in [3.63, 3.8) is 0 Å². The summed E-state index contributed by atoms with van der Waals surface area (Å²) in [6.07, 6.45) is 2.39. The minimum Gasteiger partial charge on any atom is -0.372 e. The zero-order valence-electron chi connectivity index (χ0n) is 12.2. The molecule has 0 aromatic heterocycles. The third kappa shape index (κ3) is 2.60. The zero-order valence-corrected chi connectivity index (χ0v) is 13.0. The highest BCUT2D eigenvalue weighted by atomic mass is 32.2. The summed E-state index contributed by atoms with van der Waals surface area (Å²) in [5.74, 6) is 0.779. The molecule has 2 heterocycles. The standard InChI is InChI=1S/C14H23NO4S/c1-10-8-15(9-11(2)19-10)13(16)12-7-14(12)3-5-20(17,18)6-4-14/h10-12H,3-9H2,1-2H3/t10-,11+,12?. The summed E-state index contributed by atoms with van der Waals surface area (Å²) < 4.78 is 28.7. The van der Waals surface area contributed by atoms with Gasteiger partial charge in [0.1, 0.15) is 9.84 Å². The molecule has 0 bridgehead atoms. The fourth-order valence-electron chi connectivity index (χ4n) is 3.77. The average Bonchev–Trinajstić information content (AvgIpc) is 3.06. The molecular weight excluding hydrogens is 278 g/mol. The van der Waals surface area contributed by atoms with Crippen LogP contribution in [0.1, 0.15) is 33.1 Å². The molecule has 1 saturated carbocycles. The van der Waals surface area contributed by atoms with E-state index < -0.39 is 9.84 Å². The van der Waals surface area contributed by atoms with Crippen molar-refractivity contribution >= 4 is 15.7 Å². The monoisotopic (exact) mass is 301 g/mol. The Bertz CT molecular complexity index is 491. The summed E-state index contributed by atoms with van der Waals surface area (Å²) in [4.78, 5) is 14.5. The molecule has 0 N–H and O–H groups in total. The van der Waals surface area contributed by atoms with Crippen molar-refractivity contribution in [2.75, 3.05) is 24.6 Å². The van der Waals surface area contributed by atoms with E-state index in [0.29, 0.717) is 25.9 Å². The molecule has 1 aliphatic carbocycles. The van der Waals surface area contributed by atoms with Crippen LogP contribution < -0.4 is 0 Å². The number of hydrogen-bond donors (Lipinski definition) is 0. The third-order valence-corrected chi connectivity index (χ3v) is 6.69. The van der Waals surface area contributed by atoms with Gasteiger partial charge >= 0.3 is 0 Å². The molecule has 3 aliphatic rings. The average molecular weight is 301 g/mol. The molecule has 1 unspecified atom stereocenters. The maximum Gasteiger partial charge on any atom is 0.226 e. The Labute approximate surface area is 120 Å². The second-order valence-electron chi connectivity index (χ2n) is 6.77. The Morgan fingerprint density at radius 3 is 2.25 bits per heavy atom. The summed E-state index contributed by atoms with van der Waals surface area (Å²) in [7, 11) is -2.85. The number of carbonyl (C=O) groups is 1. The van der Waals surface area contributed by atoms with Crippen molar-refractivity contribution in [1.29, 1.82) is 0 Å². The number of hydrogen-bond acceptors (Lipinski definition) is 4. The number of sulfone groups is 1. The second-order valence-corrected chi connectivity index (χ2v) is 9.08. The van der Waals surface area contributed by atoms with Crippen LogP contribution in [0.2, 0.25) is 0 Å². The molecule has 3 atom stereocenters. The van der Waals surface area contributed by atoms with Crippen LogP contribution in [0.15, 0.2) is 0 Å². The number of rotatable bonds is 1. The van der Waals surface area contributed by atoms with Crippen molar-refractivity contribution in [3.05, 3.63) is 0 Å². The van der Waals surface area contributed by atoms with Crippen molar-refractivity contribution in [1.82, 2.24) is 4.90 Å². The lowest BCUT2D eigenvalue weighted by atomic mass is 9.95. The van der Waals surface area contributed by atoms with Crippen molar-refractivity contribution in [2.24, 2.45) is 11.3 Å². The van der Waals surface area contributed by atoms with Crippen LogP contribution in [0.4, 0.5) is 0 Å². The Morgan fingerprint density at radius 1 is 1.15 bits per heavy atom. The topological polar surface area (TPSA) is 63.7 Å². The lowest BCUT2D eigenvalue weighted by molar-refractivity contribution is -0.145. The van der Waals surface area contributed by atoms with Gasteiger partial charge in [0, 0.05) is 19.0 Å². The van der Waals surface area contributed by atoms with Crippen LogP contribution in [-0.2, 0) is 19.4 Å². The lowest BCUT2D eigenvalue weighted by Gasteiger charge is -2.36. The van der Waals surface area contributed by atoms with Gasteiger partial charge in [-0.25, -0.2) is 8.42 Å². The van der Waals surface area contributed by atoms with E-state index in [4.69, 9.17) is 4.74 Å².